The van der Waals surface area contributed by atoms with Crippen LogP contribution in [0.5, 0.6) is 0 Å². The van der Waals surface area contributed by atoms with Crippen molar-refractivity contribution in [3.05, 3.63) is 81.9 Å². The van der Waals surface area contributed by atoms with Crippen LogP contribution in [0.2, 0.25) is 0 Å². The van der Waals surface area contributed by atoms with Crippen LogP contribution in [0.3, 0.4) is 0 Å². The van der Waals surface area contributed by atoms with Crippen molar-refractivity contribution in [2.24, 2.45) is 0 Å². The Labute approximate surface area is 155 Å². The number of piperidine rings is 1. The maximum atomic E-state index is 13.3. The fraction of sp³-hybridized carbons (Fsp3) is 0.292. The molecule has 2 fully saturated rings. The lowest BCUT2D eigenvalue weighted by molar-refractivity contribution is -0.114. The van der Waals surface area contributed by atoms with E-state index < -0.39 is 0 Å². The fourth-order valence-corrected chi connectivity index (χ4v) is 4.36. The molecule has 0 saturated carbocycles. The molecule has 2 bridgehead atoms. The van der Waals surface area contributed by atoms with E-state index in [1.54, 1.807) is 0 Å². The number of carbonyl (C=O) groups excluding carboxylic acids is 1. The summed E-state index contributed by atoms with van der Waals surface area (Å²) in [5, 5.41) is 0. The number of benzene rings is 2. The fourth-order valence-electron chi connectivity index (χ4n) is 4.36. The zero-order valence-corrected chi connectivity index (χ0v) is 15.7. The Bertz CT molecular complexity index is 848. The minimum atomic E-state index is 0.221. The van der Waals surface area contributed by atoms with Crippen molar-refractivity contribution < 1.29 is 4.79 Å². The van der Waals surface area contributed by atoms with E-state index in [0.717, 1.165) is 35.1 Å². The van der Waals surface area contributed by atoms with Crippen LogP contribution in [0.15, 0.2) is 59.7 Å². The van der Waals surface area contributed by atoms with Gasteiger partial charge in [-0.2, -0.15) is 0 Å². The van der Waals surface area contributed by atoms with Crippen LogP contribution in [0.25, 0.3) is 12.2 Å². The molecule has 2 nitrogen and oxygen atoms in total. The summed E-state index contributed by atoms with van der Waals surface area (Å²) in [5.41, 5.74) is 6.53. The SMILES string of the molecule is Cc1cccc(C=C2C(=O)C(=Cc3cccc(C)c3)C3CCC2N3C)c1. The maximum Gasteiger partial charge on any atom is 0.188 e. The Morgan fingerprint density at radius 3 is 1.73 bits per heavy atom. The van der Waals surface area contributed by atoms with Crippen LogP contribution in [-0.4, -0.2) is 29.8 Å². The highest BCUT2D eigenvalue weighted by atomic mass is 16.1. The second-order valence-corrected chi connectivity index (χ2v) is 7.63. The zero-order valence-electron chi connectivity index (χ0n) is 15.7. The second kappa shape index (κ2) is 6.69. The zero-order chi connectivity index (χ0) is 18.3. The number of nitrogens with zero attached hydrogens (tertiary/aromatic N) is 1. The smallest absolute Gasteiger partial charge is 0.188 e. The van der Waals surface area contributed by atoms with E-state index in [1.165, 1.54) is 11.1 Å². The third-order valence-electron chi connectivity index (χ3n) is 5.67. The van der Waals surface area contributed by atoms with Crippen molar-refractivity contribution in [1.29, 1.82) is 0 Å². The normalized spacial score (nSPS) is 26.0. The molecular formula is C24H25NO. The van der Waals surface area contributed by atoms with Gasteiger partial charge in [0.25, 0.3) is 0 Å². The maximum absolute atomic E-state index is 13.3. The highest BCUT2D eigenvalue weighted by molar-refractivity contribution is 6.16. The number of rotatable bonds is 2. The van der Waals surface area contributed by atoms with Crippen molar-refractivity contribution in [1.82, 2.24) is 4.90 Å². The van der Waals surface area contributed by atoms with E-state index in [4.69, 9.17) is 0 Å². The first-order valence-corrected chi connectivity index (χ1v) is 9.36. The van der Waals surface area contributed by atoms with Gasteiger partial charge >= 0.3 is 0 Å². The first-order valence-electron chi connectivity index (χ1n) is 9.36. The van der Waals surface area contributed by atoms with Crippen molar-refractivity contribution in [2.45, 2.75) is 38.8 Å². The summed E-state index contributed by atoms with van der Waals surface area (Å²) in [4.78, 5) is 15.7. The topological polar surface area (TPSA) is 20.3 Å². The molecule has 2 aliphatic rings. The van der Waals surface area contributed by atoms with Gasteiger partial charge in [0.05, 0.1) is 0 Å². The third-order valence-corrected chi connectivity index (χ3v) is 5.67. The Hall–Kier alpha value is -2.45. The first-order chi connectivity index (χ1) is 12.5. The van der Waals surface area contributed by atoms with Crippen LogP contribution in [-0.2, 0) is 4.79 Å². The molecule has 2 aromatic carbocycles. The van der Waals surface area contributed by atoms with E-state index in [0.29, 0.717) is 0 Å². The molecule has 0 aromatic heterocycles. The van der Waals surface area contributed by atoms with E-state index in [1.807, 2.05) is 0 Å². The molecule has 0 N–H and O–H groups in total. The molecule has 2 saturated heterocycles. The monoisotopic (exact) mass is 343 g/mol. The summed E-state index contributed by atoms with van der Waals surface area (Å²) in [7, 11) is 2.16. The predicted octanol–water partition coefficient (Wildman–Crippen LogP) is 4.82. The molecule has 2 aromatic rings. The third kappa shape index (κ3) is 3.06. The number of hydrogen-bond acceptors (Lipinski definition) is 2. The van der Waals surface area contributed by atoms with Gasteiger partial charge in [-0.25, -0.2) is 0 Å². The number of Topliss-reactive ketones (excluding diaryl/α,β-unsaturated/α-hetero) is 1. The number of fused-ring (bicyclic) bond motifs is 2. The van der Waals surface area contributed by atoms with Gasteiger partial charge in [-0.1, -0.05) is 59.7 Å². The molecule has 2 atom stereocenters. The van der Waals surface area contributed by atoms with Crippen LogP contribution < -0.4 is 0 Å². The quantitative estimate of drug-likeness (QED) is 0.729. The average molecular weight is 343 g/mol. The lowest BCUT2D eigenvalue weighted by atomic mass is 9.88. The van der Waals surface area contributed by atoms with Crippen molar-refractivity contribution in [2.75, 3.05) is 7.05 Å². The van der Waals surface area contributed by atoms with E-state index >= 15 is 0 Å². The number of ketones is 1. The molecule has 2 unspecified atom stereocenters. The summed E-state index contributed by atoms with van der Waals surface area (Å²) in [6, 6.07) is 17.2. The van der Waals surface area contributed by atoms with E-state index in [2.05, 4.69) is 86.5 Å². The number of likely N-dealkylation sites (N-methyl/N-ethyl adjacent to an activating group) is 1. The van der Waals surface area contributed by atoms with E-state index in [9.17, 15) is 4.79 Å². The summed E-state index contributed by atoms with van der Waals surface area (Å²) >= 11 is 0. The molecular weight excluding hydrogens is 318 g/mol. The molecule has 2 heterocycles. The molecule has 0 radical (unpaired) electrons. The van der Waals surface area contributed by atoms with Gasteiger partial charge in [0.1, 0.15) is 0 Å². The van der Waals surface area contributed by atoms with Crippen molar-refractivity contribution >= 4 is 17.9 Å². The summed E-state index contributed by atoms with van der Waals surface area (Å²) in [5.74, 6) is 0.221. The number of hydrogen-bond donors (Lipinski definition) is 0. The molecule has 2 aliphatic heterocycles. The van der Waals surface area contributed by atoms with Gasteiger partial charge in [0, 0.05) is 23.2 Å². The predicted molar refractivity (Wildman–Crippen MR) is 108 cm³/mol. The van der Waals surface area contributed by atoms with E-state index in [-0.39, 0.29) is 17.9 Å². The standard InChI is InChI=1S/C24H25NO/c1-16-6-4-8-18(12-16)14-20-22-10-11-23(25(22)3)21(24(20)26)15-19-9-5-7-17(2)13-19/h4-9,12-15,22-23H,10-11H2,1-3H3. The summed E-state index contributed by atoms with van der Waals surface area (Å²) < 4.78 is 0. The van der Waals surface area contributed by atoms with Crippen LogP contribution in [0, 0.1) is 13.8 Å². The molecule has 26 heavy (non-hydrogen) atoms. The highest BCUT2D eigenvalue weighted by Gasteiger charge is 2.44. The first kappa shape index (κ1) is 17.0. The Kier molecular flexibility index (Phi) is 4.37. The number of carbonyl (C=O) groups is 1. The number of aryl methyl sites for hydroxylation is 2. The minimum Gasteiger partial charge on any atom is -0.292 e. The molecule has 0 amide bonds. The molecule has 0 spiro atoms. The Morgan fingerprint density at radius 1 is 0.846 bits per heavy atom. The lowest BCUT2D eigenvalue weighted by Gasteiger charge is -2.34. The van der Waals surface area contributed by atoms with Gasteiger partial charge in [0.15, 0.2) is 5.78 Å². The molecule has 2 heteroatoms. The van der Waals surface area contributed by atoms with Crippen LogP contribution in [0.1, 0.15) is 35.1 Å². The Balaban J connectivity index is 1.78. The lowest BCUT2D eigenvalue weighted by Crippen LogP contribution is -2.43. The van der Waals surface area contributed by atoms with Crippen LogP contribution in [0.4, 0.5) is 0 Å². The summed E-state index contributed by atoms with van der Waals surface area (Å²) in [6.45, 7) is 4.18. The van der Waals surface area contributed by atoms with Gasteiger partial charge in [0.2, 0.25) is 0 Å². The van der Waals surface area contributed by atoms with Gasteiger partial charge < -0.3 is 0 Å². The van der Waals surface area contributed by atoms with Crippen molar-refractivity contribution in [3.8, 4) is 0 Å². The van der Waals surface area contributed by atoms with Crippen LogP contribution >= 0.6 is 0 Å². The van der Waals surface area contributed by atoms with Gasteiger partial charge in [-0.3, -0.25) is 9.69 Å². The van der Waals surface area contributed by atoms with Gasteiger partial charge in [-0.15, -0.1) is 0 Å². The Morgan fingerprint density at radius 2 is 1.31 bits per heavy atom. The minimum absolute atomic E-state index is 0.221. The second-order valence-electron chi connectivity index (χ2n) is 7.63. The molecule has 4 rings (SSSR count). The summed E-state index contributed by atoms with van der Waals surface area (Å²) in [6.07, 6.45) is 6.30. The molecule has 0 aliphatic carbocycles. The van der Waals surface area contributed by atoms with Crippen molar-refractivity contribution in [3.63, 3.8) is 0 Å². The van der Waals surface area contributed by atoms with Gasteiger partial charge in [-0.05, 0) is 57.0 Å². The molecule has 132 valence electrons. The average Bonchev–Trinajstić information content (AvgIpc) is 2.92. The largest absolute Gasteiger partial charge is 0.292 e. The highest BCUT2D eigenvalue weighted by Crippen LogP contribution is 2.40.